The van der Waals surface area contributed by atoms with Crippen LogP contribution in [-0.2, 0) is 36.0 Å². The molecule has 31 heavy (non-hydrogen) atoms. The van der Waals surface area contributed by atoms with E-state index in [-0.39, 0.29) is 21.9 Å². The maximum absolute atomic E-state index is 12.1. The van der Waals surface area contributed by atoms with Crippen LogP contribution in [0.4, 0.5) is 0 Å². The van der Waals surface area contributed by atoms with Crippen molar-refractivity contribution in [3.05, 3.63) is 59.7 Å². The molecular weight excluding hydrogens is 446 g/mol. The second-order valence-corrected chi connectivity index (χ2v) is 10.4. The van der Waals surface area contributed by atoms with Gasteiger partial charge in [0.2, 0.25) is 20.0 Å². The minimum absolute atomic E-state index is 0.00495. The maximum atomic E-state index is 12.1. The molecule has 0 aliphatic heterocycles. The molecule has 0 bridgehead atoms. The van der Waals surface area contributed by atoms with Crippen molar-refractivity contribution >= 4 is 31.9 Å². The van der Waals surface area contributed by atoms with Crippen LogP contribution in [0.25, 0.3) is 0 Å². The zero-order valence-corrected chi connectivity index (χ0v) is 18.6. The average Bonchev–Trinajstić information content (AvgIpc) is 2.71. The van der Waals surface area contributed by atoms with Gasteiger partial charge in [0.25, 0.3) is 5.91 Å². The maximum Gasteiger partial charge on any atom is 0.338 e. The summed E-state index contributed by atoms with van der Waals surface area (Å²) in [6.45, 7) is -0.296. The minimum atomic E-state index is -3.76. The molecule has 2 aromatic carbocycles. The van der Waals surface area contributed by atoms with Crippen LogP contribution in [-0.4, -0.2) is 60.3 Å². The zero-order valence-electron chi connectivity index (χ0n) is 16.9. The van der Waals surface area contributed by atoms with Crippen LogP contribution in [0.2, 0.25) is 0 Å². The number of nitrogens with zero attached hydrogens (tertiary/aromatic N) is 1. The third-order valence-corrected chi connectivity index (χ3v) is 6.91. The van der Waals surface area contributed by atoms with E-state index < -0.39 is 38.5 Å². The standard InChI is InChI=1S/C19H23N3O7S2/c1-22(2)31(27,28)17-5-3-4-15(12-17)19(24)29-13-18(23)21-11-10-14-6-8-16(9-7-14)30(20,25)26/h3-9,12H,10-11,13H2,1-2H3,(H,21,23)(H2,20,25,26). The van der Waals surface area contributed by atoms with Gasteiger partial charge in [-0.2, -0.15) is 0 Å². The molecule has 0 fully saturated rings. The summed E-state index contributed by atoms with van der Waals surface area (Å²) in [6, 6.07) is 11.3. The Morgan fingerprint density at radius 1 is 1.00 bits per heavy atom. The molecule has 0 atom stereocenters. The molecule has 0 saturated carbocycles. The Balaban J connectivity index is 1.84. The number of carbonyl (C=O) groups excluding carboxylic acids is 2. The molecule has 0 aliphatic carbocycles. The van der Waals surface area contributed by atoms with Crippen LogP contribution in [0.15, 0.2) is 58.3 Å². The number of amides is 1. The molecule has 0 unspecified atom stereocenters. The lowest BCUT2D eigenvalue weighted by Gasteiger charge is -2.12. The van der Waals surface area contributed by atoms with Gasteiger partial charge in [-0.3, -0.25) is 4.79 Å². The van der Waals surface area contributed by atoms with E-state index >= 15 is 0 Å². The number of primary sulfonamides is 1. The van der Waals surface area contributed by atoms with Crippen LogP contribution in [0.1, 0.15) is 15.9 Å². The number of carbonyl (C=O) groups is 2. The Hall–Kier alpha value is -2.80. The second-order valence-electron chi connectivity index (χ2n) is 6.68. The minimum Gasteiger partial charge on any atom is -0.452 e. The SMILES string of the molecule is CN(C)S(=O)(=O)c1cccc(C(=O)OCC(=O)NCCc2ccc(S(N)(=O)=O)cc2)c1. The smallest absolute Gasteiger partial charge is 0.338 e. The van der Waals surface area contributed by atoms with Crippen molar-refractivity contribution in [1.82, 2.24) is 9.62 Å². The summed E-state index contributed by atoms with van der Waals surface area (Å²) >= 11 is 0. The van der Waals surface area contributed by atoms with Crippen molar-refractivity contribution in [1.29, 1.82) is 0 Å². The van der Waals surface area contributed by atoms with Crippen LogP contribution in [0.5, 0.6) is 0 Å². The number of hydrogen-bond acceptors (Lipinski definition) is 7. The zero-order chi connectivity index (χ0) is 23.2. The highest BCUT2D eigenvalue weighted by molar-refractivity contribution is 7.89. The van der Waals surface area contributed by atoms with Crippen molar-refractivity contribution in [3.63, 3.8) is 0 Å². The van der Waals surface area contributed by atoms with Crippen LogP contribution >= 0.6 is 0 Å². The molecule has 3 N–H and O–H groups in total. The highest BCUT2D eigenvalue weighted by atomic mass is 32.2. The molecule has 0 heterocycles. The van der Waals surface area contributed by atoms with E-state index in [4.69, 9.17) is 9.88 Å². The quantitative estimate of drug-likeness (QED) is 0.494. The van der Waals surface area contributed by atoms with E-state index in [1.165, 1.54) is 50.5 Å². The molecule has 1 amide bonds. The van der Waals surface area contributed by atoms with Gasteiger partial charge in [0, 0.05) is 20.6 Å². The Morgan fingerprint density at radius 2 is 1.65 bits per heavy atom. The molecule has 0 spiro atoms. The van der Waals surface area contributed by atoms with Crippen molar-refractivity contribution in [3.8, 4) is 0 Å². The third kappa shape index (κ3) is 6.85. The lowest BCUT2D eigenvalue weighted by molar-refractivity contribution is -0.124. The van der Waals surface area contributed by atoms with Gasteiger partial charge in [0.15, 0.2) is 6.61 Å². The Labute approximate surface area is 181 Å². The first-order chi connectivity index (χ1) is 14.4. The summed E-state index contributed by atoms with van der Waals surface area (Å²) in [4.78, 5) is 23.9. The van der Waals surface area contributed by atoms with Crippen molar-refractivity contribution < 1.29 is 31.2 Å². The van der Waals surface area contributed by atoms with Gasteiger partial charge in [0.1, 0.15) is 0 Å². The first-order valence-corrected chi connectivity index (χ1v) is 12.0. The van der Waals surface area contributed by atoms with Gasteiger partial charge in [0.05, 0.1) is 15.4 Å². The fourth-order valence-electron chi connectivity index (χ4n) is 2.45. The number of ether oxygens (including phenoxy) is 1. The molecule has 10 nitrogen and oxygen atoms in total. The summed E-state index contributed by atoms with van der Waals surface area (Å²) < 4.78 is 52.7. The number of esters is 1. The summed E-state index contributed by atoms with van der Waals surface area (Å²) in [5.74, 6) is -1.36. The molecule has 0 saturated heterocycles. The lowest BCUT2D eigenvalue weighted by atomic mass is 10.1. The molecule has 12 heteroatoms. The molecule has 0 aromatic heterocycles. The Bertz CT molecular complexity index is 1160. The molecule has 2 rings (SSSR count). The van der Waals surface area contributed by atoms with E-state index in [9.17, 15) is 26.4 Å². The Morgan fingerprint density at radius 3 is 2.23 bits per heavy atom. The topological polar surface area (TPSA) is 153 Å². The Kier molecular flexibility index (Phi) is 7.90. The van der Waals surface area contributed by atoms with Gasteiger partial charge in [-0.05, 0) is 42.3 Å². The summed E-state index contributed by atoms with van der Waals surface area (Å²) in [5.41, 5.74) is 0.786. The van der Waals surface area contributed by atoms with Crippen LogP contribution in [0.3, 0.4) is 0 Å². The van der Waals surface area contributed by atoms with Gasteiger partial charge < -0.3 is 10.1 Å². The number of sulfonamides is 2. The number of nitrogens with one attached hydrogen (secondary N) is 1. The van der Waals surface area contributed by atoms with E-state index in [2.05, 4.69) is 5.32 Å². The summed E-state index contributed by atoms with van der Waals surface area (Å²) in [6.07, 6.45) is 0.426. The first kappa shape index (κ1) is 24.5. The van der Waals surface area contributed by atoms with Crippen LogP contribution < -0.4 is 10.5 Å². The predicted octanol–water partition coefficient (Wildman–Crippen LogP) is 0.100. The molecule has 0 radical (unpaired) electrons. The van der Waals surface area contributed by atoms with E-state index in [0.717, 1.165) is 9.87 Å². The first-order valence-electron chi connectivity index (χ1n) is 8.99. The van der Waals surface area contributed by atoms with E-state index in [1.807, 2.05) is 0 Å². The molecule has 2 aromatic rings. The predicted molar refractivity (Wildman–Crippen MR) is 112 cm³/mol. The monoisotopic (exact) mass is 469 g/mol. The van der Waals surface area contributed by atoms with Gasteiger partial charge in [-0.1, -0.05) is 18.2 Å². The van der Waals surface area contributed by atoms with Gasteiger partial charge in [-0.15, -0.1) is 0 Å². The molecular formula is C19H23N3O7S2. The molecule has 0 aliphatic rings. The number of hydrogen-bond donors (Lipinski definition) is 2. The normalized spacial score (nSPS) is 11.9. The van der Waals surface area contributed by atoms with Crippen molar-refractivity contribution in [2.75, 3.05) is 27.2 Å². The lowest BCUT2D eigenvalue weighted by Crippen LogP contribution is -2.30. The second kappa shape index (κ2) is 10.0. The van der Waals surface area contributed by atoms with E-state index in [1.54, 1.807) is 12.1 Å². The summed E-state index contributed by atoms with van der Waals surface area (Å²) in [7, 11) is -4.72. The number of benzene rings is 2. The van der Waals surface area contributed by atoms with E-state index in [0.29, 0.717) is 6.42 Å². The fourth-order valence-corrected chi connectivity index (χ4v) is 3.92. The van der Waals surface area contributed by atoms with Crippen molar-refractivity contribution in [2.45, 2.75) is 16.2 Å². The van der Waals surface area contributed by atoms with Gasteiger partial charge in [-0.25, -0.2) is 31.1 Å². The number of rotatable bonds is 9. The molecule has 168 valence electrons. The van der Waals surface area contributed by atoms with Gasteiger partial charge >= 0.3 is 5.97 Å². The highest BCUT2D eigenvalue weighted by Gasteiger charge is 2.19. The number of nitrogens with two attached hydrogens (primary N) is 1. The highest BCUT2D eigenvalue weighted by Crippen LogP contribution is 2.15. The fraction of sp³-hybridized carbons (Fsp3) is 0.263. The largest absolute Gasteiger partial charge is 0.452 e. The van der Waals surface area contributed by atoms with Crippen LogP contribution in [0, 0.1) is 0 Å². The summed E-state index contributed by atoms with van der Waals surface area (Å²) in [5, 5.41) is 7.60. The average molecular weight is 470 g/mol. The van der Waals surface area contributed by atoms with Crippen molar-refractivity contribution in [2.24, 2.45) is 5.14 Å². The third-order valence-electron chi connectivity index (χ3n) is 4.17.